The summed E-state index contributed by atoms with van der Waals surface area (Å²) in [5.74, 6) is 1.61. The van der Waals surface area contributed by atoms with Gasteiger partial charge in [0.2, 0.25) is 0 Å². The Hall–Kier alpha value is -2.18. The molecular formula is C16H16ClN5O. The third-order valence-corrected chi connectivity index (χ3v) is 4.34. The zero-order valence-corrected chi connectivity index (χ0v) is 13.7. The van der Waals surface area contributed by atoms with Gasteiger partial charge < -0.3 is 13.9 Å². The lowest BCUT2D eigenvalue weighted by atomic mass is 10.1. The molecule has 1 aromatic carbocycles. The number of rotatable bonds is 3. The van der Waals surface area contributed by atoms with E-state index < -0.39 is 0 Å². The predicted molar refractivity (Wildman–Crippen MR) is 86.8 cm³/mol. The lowest BCUT2D eigenvalue weighted by molar-refractivity contribution is 0.125. The number of imidazole rings is 1. The first-order chi connectivity index (χ1) is 11.2. The average molecular weight is 330 g/mol. The molecule has 6 nitrogen and oxygen atoms in total. The summed E-state index contributed by atoms with van der Waals surface area (Å²) < 4.78 is 9.70. The summed E-state index contributed by atoms with van der Waals surface area (Å²) in [6, 6.07) is 5.80. The van der Waals surface area contributed by atoms with Crippen LogP contribution in [0.25, 0.3) is 17.1 Å². The van der Waals surface area contributed by atoms with E-state index in [1.54, 1.807) is 0 Å². The molecule has 3 heterocycles. The molecule has 0 saturated heterocycles. The molecule has 0 saturated carbocycles. The number of halogens is 1. The molecule has 23 heavy (non-hydrogen) atoms. The normalized spacial score (nSPS) is 12.5. The summed E-state index contributed by atoms with van der Waals surface area (Å²) in [7, 11) is 0. The van der Waals surface area contributed by atoms with Crippen LogP contribution in [0.1, 0.15) is 24.1 Å². The van der Waals surface area contributed by atoms with Gasteiger partial charge in [-0.1, -0.05) is 11.6 Å². The third kappa shape index (κ3) is 2.26. The van der Waals surface area contributed by atoms with Gasteiger partial charge >= 0.3 is 0 Å². The van der Waals surface area contributed by atoms with Crippen LogP contribution in [0, 0.1) is 6.92 Å². The van der Waals surface area contributed by atoms with E-state index in [0.717, 1.165) is 34.3 Å². The van der Waals surface area contributed by atoms with Crippen LogP contribution in [-0.2, 0) is 17.9 Å². The van der Waals surface area contributed by atoms with Gasteiger partial charge in [-0.3, -0.25) is 0 Å². The van der Waals surface area contributed by atoms with Gasteiger partial charge in [-0.05, 0) is 32.0 Å². The highest BCUT2D eigenvalue weighted by Gasteiger charge is 2.24. The SMILES string of the molecule is CCOCc1nnc2n1Cc1c(C)ncn1-c1ccc(Cl)cc1-2. The van der Waals surface area contributed by atoms with Crippen molar-refractivity contribution in [3.05, 3.63) is 46.8 Å². The summed E-state index contributed by atoms with van der Waals surface area (Å²) in [4.78, 5) is 4.45. The van der Waals surface area contributed by atoms with Crippen molar-refractivity contribution in [1.82, 2.24) is 24.3 Å². The van der Waals surface area contributed by atoms with E-state index in [1.807, 2.05) is 38.4 Å². The van der Waals surface area contributed by atoms with Crippen molar-refractivity contribution in [3.63, 3.8) is 0 Å². The van der Waals surface area contributed by atoms with Gasteiger partial charge in [-0.15, -0.1) is 10.2 Å². The highest BCUT2D eigenvalue weighted by Crippen LogP contribution is 2.33. The largest absolute Gasteiger partial charge is 0.374 e. The molecule has 3 aromatic rings. The Kier molecular flexibility index (Phi) is 3.43. The topological polar surface area (TPSA) is 57.8 Å². The number of fused-ring (bicyclic) bond motifs is 5. The second-order valence-corrected chi connectivity index (χ2v) is 5.91. The molecule has 0 amide bonds. The van der Waals surface area contributed by atoms with E-state index in [2.05, 4.69) is 24.3 Å². The molecule has 118 valence electrons. The Morgan fingerprint density at radius 3 is 3.00 bits per heavy atom. The highest BCUT2D eigenvalue weighted by atomic mass is 35.5. The fourth-order valence-corrected chi connectivity index (χ4v) is 3.08. The maximum Gasteiger partial charge on any atom is 0.166 e. The van der Waals surface area contributed by atoms with E-state index in [-0.39, 0.29) is 0 Å². The lowest BCUT2D eigenvalue weighted by Gasteiger charge is -2.08. The van der Waals surface area contributed by atoms with E-state index >= 15 is 0 Å². The van der Waals surface area contributed by atoms with E-state index in [0.29, 0.717) is 24.8 Å². The van der Waals surface area contributed by atoms with Crippen LogP contribution in [0.3, 0.4) is 0 Å². The van der Waals surface area contributed by atoms with Crippen LogP contribution in [0.2, 0.25) is 5.02 Å². The molecule has 0 spiro atoms. The number of benzene rings is 1. The van der Waals surface area contributed by atoms with Gasteiger partial charge in [0.25, 0.3) is 0 Å². The zero-order valence-electron chi connectivity index (χ0n) is 13.0. The first-order valence-corrected chi connectivity index (χ1v) is 7.89. The van der Waals surface area contributed by atoms with Crippen molar-refractivity contribution in [3.8, 4) is 17.1 Å². The Labute approximate surface area is 138 Å². The smallest absolute Gasteiger partial charge is 0.166 e. The maximum atomic E-state index is 6.21. The highest BCUT2D eigenvalue weighted by molar-refractivity contribution is 6.31. The minimum atomic E-state index is 0.437. The van der Waals surface area contributed by atoms with Crippen LogP contribution in [0.15, 0.2) is 24.5 Å². The van der Waals surface area contributed by atoms with Gasteiger partial charge in [0.1, 0.15) is 6.61 Å². The van der Waals surface area contributed by atoms with Crippen LogP contribution < -0.4 is 0 Å². The van der Waals surface area contributed by atoms with Crippen molar-refractivity contribution < 1.29 is 4.74 Å². The Morgan fingerprint density at radius 2 is 2.17 bits per heavy atom. The van der Waals surface area contributed by atoms with E-state index in [9.17, 15) is 0 Å². The molecule has 0 N–H and O–H groups in total. The third-order valence-electron chi connectivity index (χ3n) is 4.10. The fourth-order valence-electron chi connectivity index (χ4n) is 2.91. The summed E-state index contributed by atoms with van der Waals surface area (Å²) in [5.41, 5.74) is 4.07. The van der Waals surface area contributed by atoms with Crippen LogP contribution >= 0.6 is 11.6 Å². The van der Waals surface area contributed by atoms with Crippen molar-refractivity contribution in [1.29, 1.82) is 0 Å². The molecule has 0 unspecified atom stereocenters. The van der Waals surface area contributed by atoms with Crippen molar-refractivity contribution in [2.45, 2.75) is 27.0 Å². The molecule has 4 rings (SSSR count). The summed E-state index contributed by atoms with van der Waals surface area (Å²) in [6.45, 7) is 5.71. The second kappa shape index (κ2) is 5.47. The van der Waals surface area contributed by atoms with Crippen molar-refractivity contribution in [2.75, 3.05) is 6.61 Å². The number of hydrogen-bond acceptors (Lipinski definition) is 4. The number of nitrogens with zero attached hydrogens (tertiary/aromatic N) is 5. The summed E-state index contributed by atoms with van der Waals surface area (Å²) >= 11 is 6.21. The molecule has 0 radical (unpaired) electrons. The second-order valence-electron chi connectivity index (χ2n) is 5.47. The number of hydrogen-bond donors (Lipinski definition) is 0. The number of aromatic nitrogens is 5. The minimum Gasteiger partial charge on any atom is -0.374 e. The standard InChI is InChI=1S/C16H16ClN5O/c1-3-23-8-15-19-20-16-12-6-11(17)4-5-13(12)22-9-18-10(2)14(22)7-21(15)16/h4-6,9H,3,7-8H2,1-2H3. The molecule has 0 aliphatic carbocycles. The van der Waals surface area contributed by atoms with E-state index in [1.165, 1.54) is 0 Å². The average Bonchev–Trinajstić information content (AvgIpc) is 3.07. The van der Waals surface area contributed by atoms with E-state index in [4.69, 9.17) is 16.3 Å². The van der Waals surface area contributed by atoms with Gasteiger partial charge in [0, 0.05) is 17.2 Å². The Morgan fingerprint density at radius 1 is 1.30 bits per heavy atom. The molecular weight excluding hydrogens is 314 g/mol. The lowest BCUT2D eigenvalue weighted by Crippen LogP contribution is -2.09. The van der Waals surface area contributed by atoms with Crippen LogP contribution in [-0.4, -0.2) is 30.9 Å². The Bertz CT molecular complexity index is 883. The van der Waals surface area contributed by atoms with Crippen LogP contribution in [0.4, 0.5) is 0 Å². The van der Waals surface area contributed by atoms with Crippen molar-refractivity contribution in [2.24, 2.45) is 0 Å². The van der Waals surface area contributed by atoms with Gasteiger partial charge in [-0.2, -0.15) is 0 Å². The molecule has 0 atom stereocenters. The first kappa shape index (κ1) is 14.4. The molecule has 0 bridgehead atoms. The van der Waals surface area contributed by atoms with Crippen molar-refractivity contribution >= 4 is 11.6 Å². The monoisotopic (exact) mass is 329 g/mol. The number of ether oxygens (including phenoxy) is 1. The van der Waals surface area contributed by atoms with Gasteiger partial charge in [0.05, 0.1) is 29.9 Å². The van der Waals surface area contributed by atoms with Gasteiger partial charge in [0.15, 0.2) is 11.6 Å². The number of aryl methyl sites for hydroxylation is 1. The maximum absolute atomic E-state index is 6.21. The quantitative estimate of drug-likeness (QED) is 0.580. The van der Waals surface area contributed by atoms with Gasteiger partial charge in [-0.25, -0.2) is 4.98 Å². The predicted octanol–water partition coefficient (Wildman–Crippen LogP) is 2.99. The molecule has 1 aliphatic rings. The molecule has 2 aromatic heterocycles. The molecule has 1 aliphatic heterocycles. The fraction of sp³-hybridized carbons (Fsp3) is 0.312. The summed E-state index contributed by atoms with van der Waals surface area (Å²) in [6.07, 6.45) is 1.85. The minimum absolute atomic E-state index is 0.437. The zero-order chi connectivity index (χ0) is 16.0. The molecule has 0 fully saturated rings. The first-order valence-electron chi connectivity index (χ1n) is 7.52. The summed E-state index contributed by atoms with van der Waals surface area (Å²) in [5, 5.41) is 9.36. The van der Waals surface area contributed by atoms with Crippen LogP contribution in [0.5, 0.6) is 0 Å². The Balaban J connectivity index is 1.97. The molecule has 7 heteroatoms.